The van der Waals surface area contributed by atoms with Crippen molar-refractivity contribution in [2.45, 2.75) is 20.3 Å². The Balaban J connectivity index is 2.08. The summed E-state index contributed by atoms with van der Waals surface area (Å²) < 4.78 is 3.09. The van der Waals surface area contributed by atoms with Crippen LogP contribution in [0.5, 0.6) is 0 Å². The molecular weight excluding hydrogens is 435 g/mol. The first-order valence-corrected chi connectivity index (χ1v) is 10.9. The van der Waals surface area contributed by atoms with E-state index in [0.717, 1.165) is 10.9 Å². The molecule has 0 unspecified atom stereocenters. The minimum absolute atomic E-state index is 0.0471. The minimum Gasteiger partial charge on any atom is -0.343 e. The van der Waals surface area contributed by atoms with E-state index in [0.29, 0.717) is 45.4 Å². The smallest absolute Gasteiger partial charge is 0.296 e. The number of carbonyl (C=O) groups excluding carboxylic acids is 1. The number of amides is 1. The minimum atomic E-state index is -0.308. The highest BCUT2D eigenvalue weighted by Crippen LogP contribution is 2.31. The van der Waals surface area contributed by atoms with Crippen molar-refractivity contribution < 1.29 is 4.79 Å². The molecule has 6 nitrogen and oxygen atoms in total. The van der Waals surface area contributed by atoms with Crippen LogP contribution in [0.25, 0.3) is 27.5 Å². The van der Waals surface area contributed by atoms with Crippen molar-refractivity contribution in [2.24, 2.45) is 7.05 Å². The van der Waals surface area contributed by atoms with E-state index in [9.17, 15) is 9.59 Å². The lowest BCUT2D eigenvalue weighted by molar-refractivity contribution is -0.130. The van der Waals surface area contributed by atoms with Gasteiger partial charge >= 0.3 is 0 Å². The molecule has 2 heterocycles. The van der Waals surface area contributed by atoms with E-state index < -0.39 is 0 Å². The van der Waals surface area contributed by atoms with Gasteiger partial charge in [-0.1, -0.05) is 41.4 Å². The number of para-hydroxylation sites is 1. The predicted molar refractivity (Wildman–Crippen MR) is 125 cm³/mol. The molecule has 0 aliphatic carbocycles. The zero-order valence-electron chi connectivity index (χ0n) is 17.5. The van der Waals surface area contributed by atoms with E-state index in [-0.39, 0.29) is 17.9 Å². The summed E-state index contributed by atoms with van der Waals surface area (Å²) in [5, 5.41) is 7.11. The summed E-state index contributed by atoms with van der Waals surface area (Å²) in [4.78, 5) is 28.2. The Kier molecular flexibility index (Phi) is 5.77. The molecular formula is C23H22Cl2N4O2. The zero-order valence-corrected chi connectivity index (χ0v) is 19.0. The number of carbonyl (C=O) groups is 1. The Bertz CT molecular complexity index is 1370. The van der Waals surface area contributed by atoms with Gasteiger partial charge in [0.05, 0.1) is 28.3 Å². The molecule has 0 saturated carbocycles. The first-order chi connectivity index (χ1) is 14.9. The van der Waals surface area contributed by atoms with Crippen molar-refractivity contribution in [1.82, 2.24) is 19.2 Å². The van der Waals surface area contributed by atoms with Gasteiger partial charge in [0.15, 0.2) is 0 Å². The molecule has 4 rings (SSSR count). The van der Waals surface area contributed by atoms with E-state index in [1.54, 1.807) is 39.8 Å². The summed E-state index contributed by atoms with van der Waals surface area (Å²) >= 11 is 12.6. The zero-order chi connectivity index (χ0) is 22.3. The molecule has 0 bridgehead atoms. The number of aromatic nitrogens is 3. The molecule has 0 aliphatic rings. The lowest BCUT2D eigenvalue weighted by atomic mass is 10.1. The number of aryl methyl sites for hydroxylation is 1. The van der Waals surface area contributed by atoms with Crippen LogP contribution in [0.1, 0.15) is 19.5 Å². The van der Waals surface area contributed by atoms with Crippen LogP contribution < -0.4 is 5.56 Å². The Labute approximate surface area is 189 Å². The number of benzene rings is 2. The van der Waals surface area contributed by atoms with Crippen LogP contribution in [0, 0.1) is 0 Å². The molecule has 0 saturated heterocycles. The lowest BCUT2D eigenvalue weighted by Crippen LogP contribution is -2.33. The van der Waals surface area contributed by atoms with Crippen LogP contribution >= 0.6 is 23.2 Å². The molecule has 2 aromatic carbocycles. The number of likely N-dealkylation sites (N-methyl/N-ethyl adjacent to an activating group) is 1. The van der Waals surface area contributed by atoms with Crippen molar-refractivity contribution in [3.8, 4) is 5.69 Å². The van der Waals surface area contributed by atoms with E-state index in [1.165, 1.54) is 4.68 Å². The van der Waals surface area contributed by atoms with Gasteiger partial charge in [-0.15, -0.1) is 0 Å². The normalized spacial score (nSPS) is 11.4. The largest absolute Gasteiger partial charge is 0.343 e. The Morgan fingerprint density at radius 2 is 1.81 bits per heavy atom. The van der Waals surface area contributed by atoms with Gasteiger partial charge in [0.2, 0.25) is 5.91 Å². The maximum Gasteiger partial charge on any atom is 0.296 e. The number of hydrogen-bond donors (Lipinski definition) is 0. The third-order valence-electron chi connectivity index (χ3n) is 5.58. The fourth-order valence-corrected chi connectivity index (χ4v) is 4.39. The van der Waals surface area contributed by atoms with Crippen molar-refractivity contribution in [2.75, 3.05) is 13.1 Å². The number of halogens is 2. The van der Waals surface area contributed by atoms with Crippen molar-refractivity contribution in [3.05, 3.63) is 68.6 Å². The molecule has 0 spiro atoms. The Morgan fingerprint density at radius 1 is 1.10 bits per heavy atom. The Hall–Kier alpha value is -2.83. The molecule has 160 valence electrons. The second-order valence-corrected chi connectivity index (χ2v) is 8.15. The molecule has 0 fully saturated rings. The average molecular weight is 457 g/mol. The molecule has 4 aromatic rings. The first kappa shape index (κ1) is 21.4. The third kappa shape index (κ3) is 3.60. The molecule has 0 radical (unpaired) electrons. The van der Waals surface area contributed by atoms with Crippen LogP contribution in [0.3, 0.4) is 0 Å². The molecule has 2 aromatic heterocycles. The average Bonchev–Trinajstić information content (AvgIpc) is 3.04. The second kappa shape index (κ2) is 8.36. The monoisotopic (exact) mass is 456 g/mol. The second-order valence-electron chi connectivity index (χ2n) is 7.30. The summed E-state index contributed by atoms with van der Waals surface area (Å²) in [5.74, 6) is -0.0471. The highest BCUT2D eigenvalue weighted by atomic mass is 35.5. The summed E-state index contributed by atoms with van der Waals surface area (Å²) in [6.45, 7) is 5.09. The highest BCUT2D eigenvalue weighted by Gasteiger charge is 2.23. The molecule has 0 aliphatic heterocycles. The predicted octanol–water partition coefficient (Wildman–Crippen LogP) is 4.60. The Morgan fingerprint density at radius 3 is 2.48 bits per heavy atom. The summed E-state index contributed by atoms with van der Waals surface area (Å²) in [7, 11) is 1.81. The standard InChI is InChI=1S/C23H22Cl2N4O2/c1-4-28(5-2)20(30)13-17-21-15-11-10-14(24)12-19(15)27(3)22(21)23(31)29(26-17)18-9-7-6-8-16(18)25/h6-12H,4-5,13H2,1-3H3. The van der Waals surface area contributed by atoms with Gasteiger partial charge in [0, 0.05) is 35.9 Å². The van der Waals surface area contributed by atoms with Crippen molar-refractivity contribution >= 4 is 50.9 Å². The fourth-order valence-electron chi connectivity index (χ4n) is 4.01. The molecule has 31 heavy (non-hydrogen) atoms. The van der Waals surface area contributed by atoms with E-state index >= 15 is 0 Å². The van der Waals surface area contributed by atoms with E-state index in [1.807, 2.05) is 33.0 Å². The quantitative estimate of drug-likeness (QED) is 0.440. The van der Waals surface area contributed by atoms with Crippen LogP contribution in [-0.2, 0) is 18.3 Å². The van der Waals surface area contributed by atoms with Gasteiger partial charge < -0.3 is 9.47 Å². The van der Waals surface area contributed by atoms with Crippen LogP contribution in [0.4, 0.5) is 0 Å². The topological polar surface area (TPSA) is 60.1 Å². The van der Waals surface area contributed by atoms with Crippen LogP contribution in [0.2, 0.25) is 10.0 Å². The molecule has 0 N–H and O–H groups in total. The van der Waals surface area contributed by atoms with Crippen molar-refractivity contribution in [1.29, 1.82) is 0 Å². The molecule has 0 atom stereocenters. The number of fused-ring (bicyclic) bond motifs is 3. The summed E-state index contributed by atoms with van der Waals surface area (Å²) in [6.07, 6.45) is 0.0741. The maximum atomic E-state index is 13.5. The van der Waals surface area contributed by atoms with Gasteiger partial charge in [0.25, 0.3) is 5.56 Å². The number of nitrogens with zero attached hydrogens (tertiary/aromatic N) is 4. The van der Waals surface area contributed by atoms with Gasteiger partial charge in [0.1, 0.15) is 5.52 Å². The van der Waals surface area contributed by atoms with Gasteiger partial charge in [-0.2, -0.15) is 9.78 Å². The molecule has 8 heteroatoms. The van der Waals surface area contributed by atoms with E-state index in [2.05, 4.69) is 5.10 Å². The molecule has 1 amide bonds. The van der Waals surface area contributed by atoms with Gasteiger partial charge in [-0.05, 0) is 38.1 Å². The lowest BCUT2D eigenvalue weighted by Gasteiger charge is -2.19. The summed E-state index contributed by atoms with van der Waals surface area (Å²) in [6, 6.07) is 12.5. The first-order valence-electron chi connectivity index (χ1n) is 10.1. The number of rotatable bonds is 5. The van der Waals surface area contributed by atoms with Gasteiger partial charge in [-0.25, -0.2) is 0 Å². The van der Waals surface area contributed by atoms with Crippen LogP contribution in [0.15, 0.2) is 47.3 Å². The van der Waals surface area contributed by atoms with E-state index in [4.69, 9.17) is 23.2 Å². The SMILES string of the molecule is CCN(CC)C(=O)Cc1nn(-c2ccccc2Cl)c(=O)c2c1c1ccc(Cl)cc1n2C. The highest BCUT2D eigenvalue weighted by molar-refractivity contribution is 6.32. The third-order valence-corrected chi connectivity index (χ3v) is 6.14. The fraction of sp³-hybridized carbons (Fsp3) is 0.261. The van der Waals surface area contributed by atoms with Crippen LogP contribution in [-0.4, -0.2) is 38.2 Å². The van der Waals surface area contributed by atoms with Gasteiger partial charge in [-0.3, -0.25) is 9.59 Å². The van der Waals surface area contributed by atoms with Crippen molar-refractivity contribution in [3.63, 3.8) is 0 Å². The summed E-state index contributed by atoms with van der Waals surface area (Å²) in [5.41, 5.74) is 1.94. The maximum absolute atomic E-state index is 13.5. The number of hydrogen-bond acceptors (Lipinski definition) is 3.